The van der Waals surface area contributed by atoms with Gasteiger partial charge in [-0.1, -0.05) is 25.3 Å². The third-order valence-corrected chi connectivity index (χ3v) is 5.83. The highest BCUT2D eigenvalue weighted by Crippen LogP contribution is 2.29. The fourth-order valence-electron chi connectivity index (χ4n) is 4.19. The lowest BCUT2D eigenvalue weighted by atomic mass is 9.96. The van der Waals surface area contributed by atoms with Gasteiger partial charge in [-0.05, 0) is 31.9 Å². The third-order valence-electron chi connectivity index (χ3n) is 5.83. The van der Waals surface area contributed by atoms with Crippen LogP contribution in [0.15, 0.2) is 30.6 Å². The van der Waals surface area contributed by atoms with Crippen LogP contribution < -0.4 is 10.2 Å². The smallest absolute Gasteiger partial charge is 0.239 e. The van der Waals surface area contributed by atoms with E-state index in [0.29, 0.717) is 18.4 Å². The Morgan fingerprint density at radius 2 is 1.93 bits per heavy atom. The van der Waals surface area contributed by atoms with E-state index in [-0.39, 0.29) is 5.91 Å². The number of piperazine rings is 1. The molecule has 2 fully saturated rings. The van der Waals surface area contributed by atoms with Gasteiger partial charge in [0.1, 0.15) is 5.82 Å². The Morgan fingerprint density at radius 1 is 1.14 bits per heavy atom. The summed E-state index contributed by atoms with van der Waals surface area (Å²) in [4.78, 5) is 21.4. The Bertz CT molecular complexity index is 775. The van der Waals surface area contributed by atoms with E-state index >= 15 is 0 Å². The van der Waals surface area contributed by atoms with Crippen LogP contribution in [0.5, 0.6) is 0 Å². The molecule has 0 spiro atoms. The maximum atomic E-state index is 12.5. The third kappa shape index (κ3) is 4.52. The molecule has 150 valence electrons. The van der Waals surface area contributed by atoms with Gasteiger partial charge in [-0.2, -0.15) is 5.10 Å². The maximum Gasteiger partial charge on any atom is 0.239 e. The Hall–Kier alpha value is -2.41. The highest BCUT2D eigenvalue weighted by Gasteiger charge is 2.21. The SMILES string of the molecule is Cc1cn(C2CCCCC2)nc1NC(=O)CN1CCN(c2ccccn2)CC1. The minimum Gasteiger partial charge on any atom is -0.354 e. The number of rotatable bonds is 5. The quantitative estimate of drug-likeness (QED) is 0.861. The van der Waals surface area contributed by atoms with E-state index in [4.69, 9.17) is 0 Å². The van der Waals surface area contributed by atoms with Crippen LogP contribution in [0.3, 0.4) is 0 Å². The molecule has 7 nitrogen and oxygen atoms in total. The fourth-order valence-corrected chi connectivity index (χ4v) is 4.19. The first-order chi connectivity index (χ1) is 13.7. The van der Waals surface area contributed by atoms with Gasteiger partial charge >= 0.3 is 0 Å². The van der Waals surface area contributed by atoms with E-state index in [0.717, 1.165) is 37.6 Å². The zero-order chi connectivity index (χ0) is 19.3. The molecular formula is C21H30N6O. The number of aromatic nitrogens is 3. The van der Waals surface area contributed by atoms with Gasteiger partial charge in [0, 0.05) is 44.1 Å². The van der Waals surface area contributed by atoms with Crippen molar-refractivity contribution >= 4 is 17.5 Å². The van der Waals surface area contributed by atoms with Gasteiger partial charge in [-0.3, -0.25) is 14.4 Å². The van der Waals surface area contributed by atoms with Crippen molar-refractivity contribution in [3.8, 4) is 0 Å². The number of carbonyl (C=O) groups is 1. The number of hydrogen-bond acceptors (Lipinski definition) is 5. The Labute approximate surface area is 166 Å². The Morgan fingerprint density at radius 3 is 2.64 bits per heavy atom. The van der Waals surface area contributed by atoms with Gasteiger partial charge in [-0.25, -0.2) is 4.98 Å². The summed E-state index contributed by atoms with van der Waals surface area (Å²) in [6, 6.07) is 6.46. The molecule has 0 unspecified atom stereocenters. The molecule has 1 saturated heterocycles. The second kappa shape index (κ2) is 8.73. The van der Waals surface area contributed by atoms with Crippen LogP contribution in [-0.2, 0) is 4.79 Å². The van der Waals surface area contributed by atoms with Crippen molar-refractivity contribution < 1.29 is 4.79 Å². The van der Waals surface area contributed by atoms with Crippen LogP contribution in [0.4, 0.5) is 11.6 Å². The second-order valence-corrected chi connectivity index (χ2v) is 7.93. The van der Waals surface area contributed by atoms with Gasteiger partial charge in [0.15, 0.2) is 5.82 Å². The minimum atomic E-state index is 0.0169. The highest BCUT2D eigenvalue weighted by molar-refractivity contribution is 5.91. The first-order valence-corrected chi connectivity index (χ1v) is 10.4. The Balaban J connectivity index is 1.27. The lowest BCUT2D eigenvalue weighted by Gasteiger charge is -2.34. The van der Waals surface area contributed by atoms with Crippen LogP contribution in [0, 0.1) is 6.92 Å². The number of hydrogen-bond donors (Lipinski definition) is 1. The monoisotopic (exact) mass is 382 g/mol. The summed E-state index contributed by atoms with van der Waals surface area (Å²) in [7, 11) is 0. The molecule has 1 amide bonds. The largest absolute Gasteiger partial charge is 0.354 e. The minimum absolute atomic E-state index is 0.0169. The molecule has 2 aromatic heterocycles. The Kier molecular flexibility index (Phi) is 5.90. The molecule has 0 aromatic carbocycles. The van der Waals surface area contributed by atoms with Gasteiger partial charge in [-0.15, -0.1) is 0 Å². The van der Waals surface area contributed by atoms with Crippen LogP contribution >= 0.6 is 0 Å². The number of anilines is 2. The van der Waals surface area contributed by atoms with Crippen molar-refractivity contribution in [2.24, 2.45) is 0 Å². The van der Waals surface area contributed by atoms with E-state index in [2.05, 4.69) is 36.1 Å². The van der Waals surface area contributed by atoms with Gasteiger partial charge < -0.3 is 10.2 Å². The molecule has 3 heterocycles. The van der Waals surface area contributed by atoms with Gasteiger partial charge in [0.25, 0.3) is 0 Å². The number of pyridine rings is 1. The molecule has 1 N–H and O–H groups in total. The fraction of sp³-hybridized carbons (Fsp3) is 0.571. The first-order valence-electron chi connectivity index (χ1n) is 10.4. The van der Waals surface area contributed by atoms with E-state index in [1.165, 1.54) is 32.1 Å². The summed E-state index contributed by atoms with van der Waals surface area (Å²) in [5.41, 5.74) is 1.04. The average Bonchev–Trinajstić information content (AvgIpc) is 3.10. The molecular weight excluding hydrogens is 352 g/mol. The number of nitrogens with zero attached hydrogens (tertiary/aromatic N) is 5. The highest BCUT2D eigenvalue weighted by atomic mass is 16.2. The van der Waals surface area contributed by atoms with Crippen LogP contribution in [0.2, 0.25) is 0 Å². The molecule has 4 rings (SSSR count). The van der Waals surface area contributed by atoms with Crippen LogP contribution in [-0.4, -0.2) is 58.3 Å². The summed E-state index contributed by atoms with van der Waals surface area (Å²) in [5.74, 6) is 1.74. The van der Waals surface area contributed by atoms with Crippen LogP contribution in [0.1, 0.15) is 43.7 Å². The zero-order valence-electron chi connectivity index (χ0n) is 16.7. The van der Waals surface area contributed by atoms with E-state index in [1.807, 2.05) is 31.3 Å². The van der Waals surface area contributed by atoms with E-state index < -0.39 is 0 Å². The summed E-state index contributed by atoms with van der Waals surface area (Å²) < 4.78 is 2.07. The topological polar surface area (TPSA) is 66.3 Å². The molecule has 2 aromatic rings. The van der Waals surface area contributed by atoms with E-state index in [9.17, 15) is 4.79 Å². The summed E-state index contributed by atoms with van der Waals surface area (Å²) >= 11 is 0. The van der Waals surface area contributed by atoms with Crippen molar-refractivity contribution in [2.45, 2.75) is 45.1 Å². The van der Waals surface area contributed by atoms with Gasteiger partial charge in [0.2, 0.25) is 5.91 Å². The normalized spacial score (nSPS) is 19.0. The lowest BCUT2D eigenvalue weighted by Crippen LogP contribution is -2.49. The molecule has 1 aliphatic heterocycles. The van der Waals surface area contributed by atoms with Gasteiger partial charge in [0.05, 0.1) is 12.6 Å². The zero-order valence-corrected chi connectivity index (χ0v) is 16.7. The first kappa shape index (κ1) is 18.9. The number of aryl methyl sites for hydroxylation is 1. The lowest BCUT2D eigenvalue weighted by molar-refractivity contribution is -0.117. The van der Waals surface area contributed by atoms with Crippen molar-refractivity contribution in [1.29, 1.82) is 0 Å². The van der Waals surface area contributed by atoms with Crippen LogP contribution in [0.25, 0.3) is 0 Å². The van der Waals surface area contributed by atoms with Crippen molar-refractivity contribution in [2.75, 3.05) is 42.9 Å². The standard InChI is InChI=1S/C21H30N6O/c1-17-15-27(18-7-3-2-4-8-18)24-21(17)23-20(28)16-25-11-13-26(14-12-25)19-9-5-6-10-22-19/h5-6,9-10,15,18H,2-4,7-8,11-14,16H2,1H3,(H,23,24,28). The predicted octanol–water partition coefficient (Wildman–Crippen LogP) is 2.85. The molecule has 0 radical (unpaired) electrons. The molecule has 1 aliphatic carbocycles. The van der Waals surface area contributed by atoms with E-state index in [1.54, 1.807) is 0 Å². The number of nitrogens with one attached hydrogen (secondary N) is 1. The maximum absolute atomic E-state index is 12.5. The summed E-state index contributed by atoms with van der Waals surface area (Å²) in [5, 5.41) is 7.69. The second-order valence-electron chi connectivity index (χ2n) is 7.93. The molecule has 0 atom stereocenters. The van der Waals surface area contributed by atoms with Crippen molar-refractivity contribution in [3.05, 3.63) is 36.2 Å². The number of amides is 1. The molecule has 28 heavy (non-hydrogen) atoms. The average molecular weight is 383 g/mol. The molecule has 7 heteroatoms. The summed E-state index contributed by atoms with van der Waals surface area (Å²) in [6.07, 6.45) is 10.2. The number of carbonyl (C=O) groups excluding carboxylic acids is 1. The molecule has 1 saturated carbocycles. The molecule has 0 bridgehead atoms. The van der Waals surface area contributed by atoms with Crippen molar-refractivity contribution in [3.63, 3.8) is 0 Å². The summed E-state index contributed by atoms with van der Waals surface area (Å²) in [6.45, 7) is 5.93. The van der Waals surface area contributed by atoms with Crippen molar-refractivity contribution in [1.82, 2.24) is 19.7 Å². The molecule has 2 aliphatic rings. The predicted molar refractivity (Wildman–Crippen MR) is 111 cm³/mol.